The van der Waals surface area contributed by atoms with Crippen molar-refractivity contribution < 1.29 is 23.7 Å². The van der Waals surface area contributed by atoms with Crippen LogP contribution in [0.4, 0.5) is 0 Å². The van der Waals surface area contributed by atoms with Crippen LogP contribution in [0.3, 0.4) is 0 Å². The summed E-state index contributed by atoms with van der Waals surface area (Å²) in [6, 6.07) is 15.7. The summed E-state index contributed by atoms with van der Waals surface area (Å²) < 4.78 is 12.3. The second-order valence-electron chi connectivity index (χ2n) is 6.49. The molecule has 0 bridgehead atoms. The molecule has 0 fully saturated rings. The maximum Gasteiger partial charge on any atom is 0.326 e. The smallest absolute Gasteiger partial charge is 0.326 e. The Bertz CT molecular complexity index is 858. The molecule has 2 amide bonds. The molecule has 0 aromatic heterocycles. The van der Waals surface area contributed by atoms with Crippen LogP contribution in [-0.2, 0) is 31.6 Å². The second-order valence-corrected chi connectivity index (χ2v) is 8.06. The minimum Gasteiger partial charge on any atom is -0.480 e. The molecular formula is C21H24N2O5S. The molecule has 0 aliphatic carbocycles. The first kappa shape index (κ1) is 22.3. The molecule has 2 aromatic rings. The van der Waals surface area contributed by atoms with Crippen LogP contribution in [0.2, 0.25) is 0 Å². The van der Waals surface area contributed by atoms with Crippen LogP contribution in [0.5, 0.6) is 0 Å². The average molecular weight is 416 g/mol. The summed E-state index contributed by atoms with van der Waals surface area (Å²) in [5, 5.41) is 14.5. The zero-order valence-corrected chi connectivity index (χ0v) is 16.9. The van der Waals surface area contributed by atoms with E-state index < -0.39 is 40.7 Å². The third-order valence-corrected chi connectivity index (χ3v) is 5.59. The van der Waals surface area contributed by atoms with Gasteiger partial charge < -0.3 is 15.7 Å². The van der Waals surface area contributed by atoms with Gasteiger partial charge in [0.25, 0.3) is 0 Å². The van der Waals surface area contributed by atoms with Crippen molar-refractivity contribution >= 4 is 28.6 Å². The van der Waals surface area contributed by atoms with Crippen molar-refractivity contribution in [3.63, 3.8) is 0 Å². The quantitative estimate of drug-likeness (QED) is 0.543. The molecule has 0 heterocycles. The molecule has 0 unspecified atom stereocenters. The molecule has 154 valence electrons. The van der Waals surface area contributed by atoms with Crippen molar-refractivity contribution in [2.75, 3.05) is 5.75 Å². The van der Waals surface area contributed by atoms with E-state index in [1.807, 2.05) is 30.3 Å². The first-order valence-electron chi connectivity index (χ1n) is 9.14. The van der Waals surface area contributed by atoms with Gasteiger partial charge in [-0.05, 0) is 24.1 Å². The maximum absolute atomic E-state index is 12.6. The minimum atomic E-state index is -1.37. The monoisotopic (exact) mass is 416 g/mol. The fourth-order valence-corrected chi connectivity index (χ4v) is 3.90. The molecule has 0 spiro atoms. The van der Waals surface area contributed by atoms with E-state index in [-0.39, 0.29) is 18.6 Å². The third-order valence-electron chi connectivity index (χ3n) is 4.19. The number of carboxylic acids is 1. The molecule has 3 N–H and O–H groups in total. The Morgan fingerprint density at radius 2 is 1.52 bits per heavy atom. The summed E-state index contributed by atoms with van der Waals surface area (Å²) in [5.41, 5.74) is 0.832. The van der Waals surface area contributed by atoms with Crippen LogP contribution in [-0.4, -0.2) is 44.9 Å². The molecule has 0 aliphatic rings. The number of carbonyl (C=O) groups excluding carboxylic acids is 2. The Labute approximate surface area is 172 Å². The molecular weight excluding hydrogens is 392 g/mol. The van der Waals surface area contributed by atoms with Gasteiger partial charge >= 0.3 is 5.97 Å². The second kappa shape index (κ2) is 11.1. The topological polar surface area (TPSA) is 113 Å². The van der Waals surface area contributed by atoms with Gasteiger partial charge in [0.15, 0.2) is 0 Å². The van der Waals surface area contributed by atoms with Gasteiger partial charge in [-0.15, -0.1) is 0 Å². The fraction of sp³-hybridized carbons (Fsp3) is 0.286. The molecule has 0 saturated heterocycles. The largest absolute Gasteiger partial charge is 0.480 e. The predicted octanol–water partition coefficient (Wildman–Crippen LogP) is 1.50. The Balaban J connectivity index is 2.02. The van der Waals surface area contributed by atoms with Gasteiger partial charge in [0.2, 0.25) is 11.8 Å². The van der Waals surface area contributed by atoms with Crippen LogP contribution >= 0.6 is 0 Å². The fourth-order valence-electron chi connectivity index (χ4n) is 2.75. The van der Waals surface area contributed by atoms with Gasteiger partial charge in [-0.25, -0.2) is 4.79 Å². The van der Waals surface area contributed by atoms with Crippen LogP contribution in [0.25, 0.3) is 0 Å². The zero-order chi connectivity index (χ0) is 21.2. The lowest BCUT2D eigenvalue weighted by Gasteiger charge is -2.21. The van der Waals surface area contributed by atoms with E-state index in [4.69, 9.17) is 0 Å². The lowest BCUT2D eigenvalue weighted by Crippen LogP contribution is -2.52. The van der Waals surface area contributed by atoms with Crippen molar-refractivity contribution in [3.8, 4) is 0 Å². The van der Waals surface area contributed by atoms with E-state index in [0.717, 1.165) is 5.56 Å². The van der Waals surface area contributed by atoms with E-state index in [9.17, 15) is 23.7 Å². The first-order chi connectivity index (χ1) is 13.9. The molecule has 2 rings (SSSR count). The number of hydrogen-bond acceptors (Lipinski definition) is 4. The van der Waals surface area contributed by atoms with E-state index in [1.54, 1.807) is 30.3 Å². The molecule has 3 atom stereocenters. The van der Waals surface area contributed by atoms with E-state index in [2.05, 4.69) is 10.6 Å². The maximum atomic E-state index is 12.6. The van der Waals surface area contributed by atoms with Gasteiger partial charge in [0.05, 0.1) is 10.8 Å². The Morgan fingerprint density at radius 3 is 2.07 bits per heavy atom. The van der Waals surface area contributed by atoms with Crippen molar-refractivity contribution in [1.29, 1.82) is 0 Å². The van der Waals surface area contributed by atoms with Gasteiger partial charge in [0.1, 0.15) is 12.1 Å². The summed E-state index contributed by atoms with van der Waals surface area (Å²) in [6.07, 6.45) is 0.231. The van der Waals surface area contributed by atoms with Gasteiger partial charge in [-0.3, -0.25) is 13.8 Å². The normalized spacial score (nSPS) is 13.7. The molecule has 7 nitrogen and oxygen atoms in total. The average Bonchev–Trinajstić information content (AvgIpc) is 2.71. The number of benzene rings is 2. The molecule has 0 aliphatic heterocycles. The summed E-state index contributed by atoms with van der Waals surface area (Å²) >= 11 is 0. The van der Waals surface area contributed by atoms with Gasteiger partial charge in [-0.1, -0.05) is 48.5 Å². The number of rotatable bonds is 10. The lowest BCUT2D eigenvalue weighted by molar-refractivity contribution is -0.142. The lowest BCUT2D eigenvalue weighted by atomic mass is 10.0. The summed E-state index contributed by atoms with van der Waals surface area (Å²) in [6.45, 7) is 1.29. The highest BCUT2D eigenvalue weighted by atomic mass is 32.2. The molecule has 2 aromatic carbocycles. The first-order valence-corrected chi connectivity index (χ1v) is 10.5. The molecule has 29 heavy (non-hydrogen) atoms. The minimum absolute atomic E-state index is 0.000702. The van der Waals surface area contributed by atoms with Crippen molar-refractivity contribution in [2.24, 2.45) is 0 Å². The number of nitrogens with one attached hydrogen (secondary N) is 2. The third kappa shape index (κ3) is 7.50. The molecule has 0 radical (unpaired) electrons. The molecule has 8 heteroatoms. The Kier molecular flexibility index (Phi) is 8.54. The highest BCUT2D eigenvalue weighted by molar-refractivity contribution is 7.85. The van der Waals surface area contributed by atoms with E-state index in [0.29, 0.717) is 4.90 Å². The number of carbonyl (C=O) groups is 3. The Hall–Kier alpha value is -3.00. The highest BCUT2D eigenvalue weighted by Gasteiger charge is 2.26. The number of carboxylic acid groups (broad SMARTS) is 1. The zero-order valence-electron chi connectivity index (χ0n) is 16.0. The highest BCUT2D eigenvalue weighted by Crippen LogP contribution is 2.09. The van der Waals surface area contributed by atoms with Crippen molar-refractivity contribution in [3.05, 3.63) is 66.2 Å². The summed E-state index contributed by atoms with van der Waals surface area (Å²) in [5.74, 6) is -2.12. The number of amides is 2. The summed E-state index contributed by atoms with van der Waals surface area (Å²) in [4.78, 5) is 36.3. The van der Waals surface area contributed by atoms with Crippen molar-refractivity contribution in [2.45, 2.75) is 36.7 Å². The van der Waals surface area contributed by atoms with Gasteiger partial charge in [0, 0.05) is 24.0 Å². The predicted molar refractivity (Wildman–Crippen MR) is 110 cm³/mol. The number of hydrogen-bond donors (Lipinski definition) is 3. The van der Waals surface area contributed by atoms with Crippen LogP contribution in [0.15, 0.2) is 65.6 Å². The molecule has 0 saturated carbocycles. The SMILES string of the molecule is CC(=O)N[C@@H](Cc1ccccc1)C(=O)N[C@H](CC[S@](=O)c1ccccc1)C(=O)O. The van der Waals surface area contributed by atoms with Crippen molar-refractivity contribution in [1.82, 2.24) is 10.6 Å². The van der Waals surface area contributed by atoms with E-state index in [1.165, 1.54) is 6.92 Å². The number of aliphatic carboxylic acids is 1. The van der Waals surface area contributed by atoms with E-state index >= 15 is 0 Å². The summed E-state index contributed by atoms with van der Waals surface area (Å²) in [7, 11) is -1.37. The van der Waals surface area contributed by atoms with Crippen LogP contribution < -0.4 is 10.6 Å². The standard InChI is InChI=1S/C21H24N2O5S/c1-15(24)22-19(14-16-8-4-2-5-9-16)20(25)23-18(21(26)27)12-13-29(28)17-10-6-3-7-11-17/h2-11,18-19H,12-14H2,1H3,(H,22,24)(H,23,25)(H,26,27)/t18-,19+,29+/m1/s1. The Morgan fingerprint density at radius 1 is 0.931 bits per heavy atom. The van der Waals surface area contributed by atoms with Crippen LogP contribution in [0, 0.1) is 0 Å². The van der Waals surface area contributed by atoms with Crippen LogP contribution in [0.1, 0.15) is 18.9 Å². The van der Waals surface area contributed by atoms with Gasteiger partial charge in [-0.2, -0.15) is 0 Å².